The molecule has 1 atom stereocenters. The van der Waals surface area contributed by atoms with Crippen molar-refractivity contribution in [3.8, 4) is 5.75 Å². The second-order valence-corrected chi connectivity index (χ2v) is 7.94. The van der Waals surface area contributed by atoms with E-state index >= 15 is 0 Å². The predicted octanol–water partition coefficient (Wildman–Crippen LogP) is 4.47. The maximum atomic E-state index is 13.0. The number of nitrogens with one attached hydrogen (secondary N) is 1. The summed E-state index contributed by atoms with van der Waals surface area (Å²) in [5, 5.41) is 2.92. The number of ether oxygens (including phenoxy) is 1. The van der Waals surface area contributed by atoms with Gasteiger partial charge in [-0.05, 0) is 49.6 Å². The van der Waals surface area contributed by atoms with E-state index in [1.54, 1.807) is 11.8 Å². The van der Waals surface area contributed by atoms with Crippen molar-refractivity contribution in [2.24, 2.45) is 0 Å². The molecule has 0 aliphatic rings. The number of carbonyl (C=O) groups excluding carboxylic acids is 2. The minimum atomic E-state index is -0.598. The Labute approximate surface area is 181 Å². The van der Waals surface area contributed by atoms with Crippen LogP contribution in [0.3, 0.4) is 0 Å². The Hall–Kier alpha value is -2.34. The zero-order chi connectivity index (χ0) is 21.2. The molecule has 6 heteroatoms. The van der Waals surface area contributed by atoms with Gasteiger partial charge in [0.15, 0.2) is 6.61 Å². The minimum Gasteiger partial charge on any atom is -0.484 e. The Morgan fingerprint density at radius 1 is 1.17 bits per heavy atom. The smallest absolute Gasteiger partial charge is 0.261 e. The van der Waals surface area contributed by atoms with Gasteiger partial charge in [0.2, 0.25) is 5.91 Å². The van der Waals surface area contributed by atoms with Crippen LogP contribution in [-0.4, -0.2) is 35.9 Å². The van der Waals surface area contributed by atoms with Crippen LogP contribution in [0, 0.1) is 6.92 Å². The number of rotatable bonds is 10. The minimum absolute atomic E-state index is 0.120. The monoisotopic (exact) mass is 460 g/mol. The molecule has 156 valence electrons. The molecule has 1 unspecified atom stereocenters. The van der Waals surface area contributed by atoms with Crippen molar-refractivity contribution in [1.29, 1.82) is 0 Å². The first kappa shape index (κ1) is 22.9. The summed E-state index contributed by atoms with van der Waals surface area (Å²) in [7, 11) is 0. The van der Waals surface area contributed by atoms with Crippen LogP contribution in [-0.2, 0) is 16.1 Å². The highest BCUT2D eigenvalue weighted by molar-refractivity contribution is 9.10. The van der Waals surface area contributed by atoms with Crippen molar-refractivity contribution < 1.29 is 14.3 Å². The van der Waals surface area contributed by atoms with Crippen molar-refractivity contribution >= 4 is 27.7 Å². The van der Waals surface area contributed by atoms with E-state index in [1.165, 1.54) is 0 Å². The van der Waals surface area contributed by atoms with Gasteiger partial charge in [-0.25, -0.2) is 0 Å². The summed E-state index contributed by atoms with van der Waals surface area (Å²) in [5.41, 5.74) is 1.90. The van der Waals surface area contributed by atoms with Gasteiger partial charge in [0.1, 0.15) is 11.8 Å². The summed E-state index contributed by atoms with van der Waals surface area (Å²) in [6.07, 6.45) is 1.91. The lowest BCUT2D eigenvalue weighted by Gasteiger charge is -2.29. The molecular formula is C23H29BrN2O3. The van der Waals surface area contributed by atoms with E-state index in [9.17, 15) is 9.59 Å². The van der Waals surface area contributed by atoms with E-state index in [-0.39, 0.29) is 18.4 Å². The zero-order valence-corrected chi connectivity index (χ0v) is 18.9. The first-order valence-corrected chi connectivity index (χ1v) is 10.7. The van der Waals surface area contributed by atoms with E-state index in [2.05, 4.69) is 28.2 Å². The van der Waals surface area contributed by atoms with Gasteiger partial charge in [-0.2, -0.15) is 0 Å². The summed E-state index contributed by atoms with van der Waals surface area (Å²) >= 11 is 3.46. The van der Waals surface area contributed by atoms with E-state index < -0.39 is 6.04 Å². The summed E-state index contributed by atoms with van der Waals surface area (Å²) in [4.78, 5) is 27.2. The van der Waals surface area contributed by atoms with Crippen LogP contribution in [0.4, 0.5) is 0 Å². The summed E-state index contributed by atoms with van der Waals surface area (Å²) < 4.78 is 6.67. The number of unbranched alkanes of at least 4 members (excludes halogenated alkanes) is 1. The predicted molar refractivity (Wildman–Crippen MR) is 119 cm³/mol. The normalized spacial score (nSPS) is 11.6. The van der Waals surface area contributed by atoms with E-state index in [1.807, 2.05) is 55.5 Å². The molecule has 0 fully saturated rings. The van der Waals surface area contributed by atoms with Gasteiger partial charge < -0.3 is 15.0 Å². The SMILES string of the molecule is CCCCNC(=O)C(C)N(Cc1cccc(Br)c1)C(=O)COc1ccccc1C. The second kappa shape index (κ2) is 11.6. The van der Waals surface area contributed by atoms with E-state index in [0.29, 0.717) is 18.8 Å². The van der Waals surface area contributed by atoms with Crippen molar-refractivity contribution in [2.45, 2.75) is 46.2 Å². The van der Waals surface area contributed by atoms with Gasteiger partial charge >= 0.3 is 0 Å². The quantitative estimate of drug-likeness (QED) is 0.532. The number of carbonyl (C=O) groups is 2. The number of benzene rings is 2. The maximum absolute atomic E-state index is 13.0. The fourth-order valence-electron chi connectivity index (χ4n) is 2.89. The van der Waals surface area contributed by atoms with Crippen LogP contribution in [0.25, 0.3) is 0 Å². The second-order valence-electron chi connectivity index (χ2n) is 7.03. The molecule has 0 bridgehead atoms. The molecule has 5 nitrogen and oxygen atoms in total. The molecule has 2 rings (SSSR count). The van der Waals surface area contributed by atoms with E-state index in [0.717, 1.165) is 28.4 Å². The first-order valence-electron chi connectivity index (χ1n) is 9.92. The number of amides is 2. The first-order chi connectivity index (χ1) is 13.9. The van der Waals surface area contributed by atoms with Gasteiger partial charge in [0.05, 0.1) is 0 Å². The van der Waals surface area contributed by atoms with Gasteiger partial charge in [0.25, 0.3) is 5.91 Å². The molecule has 0 radical (unpaired) electrons. The molecule has 2 aromatic carbocycles. The Bertz CT molecular complexity index is 825. The van der Waals surface area contributed by atoms with Crippen LogP contribution in [0.2, 0.25) is 0 Å². The highest BCUT2D eigenvalue weighted by atomic mass is 79.9. The molecule has 0 aromatic heterocycles. The zero-order valence-electron chi connectivity index (χ0n) is 17.3. The van der Waals surface area contributed by atoms with Crippen molar-refractivity contribution in [2.75, 3.05) is 13.2 Å². The Morgan fingerprint density at radius 3 is 2.62 bits per heavy atom. The average molecular weight is 461 g/mol. The largest absolute Gasteiger partial charge is 0.484 e. The Balaban J connectivity index is 2.12. The number of nitrogens with zero attached hydrogens (tertiary/aromatic N) is 1. The molecule has 0 spiro atoms. The molecule has 0 aliphatic carbocycles. The Kier molecular flexibility index (Phi) is 9.19. The fraction of sp³-hybridized carbons (Fsp3) is 0.391. The number of hydrogen-bond donors (Lipinski definition) is 1. The third-order valence-corrected chi connectivity index (χ3v) is 5.18. The van der Waals surface area contributed by atoms with Crippen LogP contribution in [0.15, 0.2) is 53.0 Å². The number of hydrogen-bond acceptors (Lipinski definition) is 3. The molecule has 0 heterocycles. The van der Waals surface area contributed by atoms with Crippen molar-refractivity contribution in [3.63, 3.8) is 0 Å². The topological polar surface area (TPSA) is 58.6 Å². The lowest BCUT2D eigenvalue weighted by atomic mass is 10.1. The molecule has 29 heavy (non-hydrogen) atoms. The van der Waals surface area contributed by atoms with Gasteiger partial charge in [-0.15, -0.1) is 0 Å². The average Bonchev–Trinajstić information content (AvgIpc) is 2.71. The van der Waals surface area contributed by atoms with Gasteiger partial charge in [-0.1, -0.05) is 59.6 Å². The molecule has 0 saturated heterocycles. The van der Waals surface area contributed by atoms with Crippen molar-refractivity contribution in [3.05, 3.63) is 64.1 Å². The molecule has 2 aromatic rings. The summed E-state index contributed by atoms with van der Waals surface area (Å²) in [6.45, 7) is 6.58. The van der Waals surface area contributed by atoms with Crippen LogP contribution >= 0.6 is 15.9 Å². The molecule has 1 N–H and O–H groups in total. The highest BCUT2D eigenvalue weighted by Crippen LogP contribution is 2.18. The standard InChI is InChI=1S/C23H29BrN2O3/c1-4-5-13-25-23(28)18(3)26(15-19-10-8-11-20(24)14-19)22(27)16-29-21-12-7-6-9-17(21)2/h6-12,14,18H,4-5,13,15-16H2,1-3H3,(H,25,28). The van der Waals surface area contributed by atoms with Gasteiger partial charge in [-0.3, -0.25) is 9.59 Å². The van der Waals surface area contributed by atoms with Crippen molar-refractivity contribution in [1.82, 2.24) is 10.2 Å². The van der Waals surface area contributed by atoms with Gasteiger partial charge in [0, 0.05) is 17.6 Å². The lowest BCUT2D eigenvalue weighted by molar-refractivity contribution is -0.142. The van der Waals surface area contributed by atoms with E-state index in [4.69, 9.17) is 4.74 Å². The highest BCUT2D eigenvalue weighted by Gasteiger charge is 2.26. The molecule has 0 aliphatic heterocycles. The van der Waals surface area contributed by atoms with Crippen LogP contribution in [0.1, 0.15) is 37.8 Å². The number of halogens is 1. The lowest BCUT2D eigenvalue weighted by Crippen LogP contribution is -2.49. The maximum Gasteiger partial charge on any atom is 0.261 e. The fourth-order valence-corrected chi connectivity index (χ4v) is 3.34. The molecular weight excluding hydrogens is 432 g/mol. The van der Waals surface area contributed by atoms with Crippen LogP contribution in [0.5, 0.6) is 5.75 Å². The molecule has 2 amide bonds. The number of para-hydroxylation sites is 1. The summed E-state index contributed by atoms with van der Waals surface area (Å²) in [6, 6.07) is 14.7. The third-order valence-electron chi connectivity index (χ3n) is 4.68. The molecule has 0 saturated carbocycles. The Morgan fingerprint density at radius 2 is 1.93 bits per heavy atom. The third kappa shape index (κ3) is 7.20. The van der Waals surface area contributed by atoms with Crippen LogP contribution < -0.4 is 10.1 Å². The summed E-state index contributed by atoms with van der Waals surface area (Å²) in [5.74, 6) is 0.285. The number of aryl methyl sites for hydroxylation is 1.